The van der Waals surface area contributed by atoms with Crippen molar-refractivity contribution in [2.24, 2.45) is 0 Å². The van der Waals surface area contributed by atoms with Crippen molar-refractivity contribution in [3.63, 3.8) is 0 Å². The van der Waals surface area contributed by atoms with Gasteiger partial charge >= 0.3 is 0 Å². The first kappa shape index (κ1) is 16.9. The fourth-order valence-corrected chi connectivity index (χ4v) is 2.29. The molecule has 0 fully saturated rings. The van der Waals surface area contributed by atoms with Gasteiger partial charge in [0, 0.05) is 0 Å². The molecule has 0 atom stereocenters. The topological polar surface area (TPSA) is 0 Å². The molecule has 17 heavy (non-hydrogen) atoms. The number of hydrogen-bond acceptors (Lipinski definition) is 0. The molecule has 0 aliphatic carbocycles. The van der Waals surface area contributed by atoms with Crippen LogP contribution in [-0.2, 0) is 0 Å². The van der Waals surface area contributed by atoms with Gasteiger partial charge in [0.05, 0.1) is 6.67 Å². The van der Waals surface area contributed by atoms with E-state index < -0.39 is 0 Å². The van der Waals surface area contributed by atoms with Gasteiger partial charge < -0.3 is 0 Å². The van der Waals surface area contributed by atoms with Crippen molar-refractivity contribution in [3.05, 3.63) is 0 Å². The van der Waals surface area contributed by atoms with Crippen molar-refractivity contribution in [2.45, 2.75) is 96.8 Å². The van der Waals surface area contributed by atoms with Crippen LogP contribution in [0.2, 0.25) is 0 Å². The molecule has 0 saturated carbocycles. The number of halogens is 1. The molecule has 0 heterocycles. The van der Waals surface area contributed by atoms with Gasteiger partial charge in [-0.25, -0.2) is 0 Å². The van der Waals surface area contributed by atoms with Crippen molar-refractivity contribution in [3.8, 4) is 0 Å². The Morgan fingerprint density at radius 2 is 0.765 bits per heavy atom. The van der Waals surface area contributed by atoms with E-state index in [0.29, 0.717) is 0 Å². The van der Waals surface area contributed by atoms with Gasteiger partial charge in [0.15, 0.2) is 0 Å². The summed E-state index contributed by atoms with van der Waals surface area (Å²) in [7, 11) is 0. The molecule has 0 saturated heterocycles. The second-order valence-corrected chi connectivity index (χ2v) is 5.29. The Kier molecular flexibility index (Phi) is 15.9. The molecule has 0 aromatic carbocycles. The van der Waals surface area contributed by atoms with E-state index in [4.69, 9.17) is 0 Å². The Labute approximate surface area is 108 Å². The van der Waals surface area contributed by atoms with Crippen LogP contribution in [0.1, 0.15) is 96.8 Å². The van der Waals surface area contributed by atoms with Crippen LogP contribution in [-0.4, -0.2) is 6.67 Å². The summed E-state index contributed by atoms with van der Waals surface area (Å²) in [4.78, 5) is 0. The first-order valence-electron chi connectivity index (χ1n) is 7.97. The quantitative estimate of drug-likeness (QED) is 0.308. The summed E-state index contributed by atoms with van der Waals surface area (Å²) in [5.74, 6) is 0. The minimum atomic E-state index is -0.127. The first-order valence-corrected chi connectivity index (χ1v) is 7.97. The van der Waals surface area contributed by atoms with Gasteiger partial charge in [-0.05, 0) is 6.42 Å². The number of unbranched alkanes of at least 4 members (excludes halogenated alkanes) is 13. The lowest BCUT2D eigenvalue weighted by Gasteiger charge is -2.02. The highest BCUT2D eigenvalue weighted by atomic mass is 19.1. The standard InChI is InChI=1S/C16H33F/c1-2-3-4-5-6-7-8-9-10-11-12-13-14-15-16-17/h2-16H2,1H3. The monoisotopic (exact) mass is 244 g/mol. The van der Waals surface area contributed by atoms with Crippen LogP contribution >= 0.6 is 0 Å². The van der Waals surface area contributed by atoms with Crippen LogP contribution in [0.4, 0.5) is 4.39 Å². The smallest absolute Gasteiger partial charge is 0.0894 e. The predicted octanol–water partition coefficient (Wildman–Crippen LogP) is 6.44. The molecule has 0 unspecified atom stereocenters. The maximum atomic E-state index is 11.8. The van der Waals surface area contributed by atoms with Gasteiger partial charge in [-0.1, -0.05) is 90.4 Å². The molecule has 0 aliphatic heterocycles. The third-order valence-corrected chi connectivity index (χ3v) is 3.49. The van der Waals surface area contributed by atoms with E-state index in [9.17, 15) is 4.39 Å². The molecule has 0 aromatic rings. The molecule has 0 aliphatic rings. The summed E-state index contributed by atoms with van der Waals surface area (Å²) < 4.78 is 11.8. The summed E-state index contributed by atoms with van der Waals surface area (Å²) in [6.45, 7) is 2.14. The number of hydrogen-bond donors (Lipinski definition) is 0. The van der Waals surface area contributed by atoms with Gasteiger partial charge in [-0.15, -0.1) is 0 Å². The van der Waals surface area contributed by atoms with Crippen LogP contribution < -0.4 is 0 Å². The van der Waals surface area contributed by atoms with E-state index in [0.717, 1.165) is 12.8 Å². The van der Waals surface area contributed by atoms with E-state index in [-0.39, 0.29) is 6.67 Å². The molecular weight excluding hydrogens is 211 g/mol. The molecule has 0 nitrogen and oxygen atoms in total. The minimum absolute atomic E-state index is 0.127. The third kappa shape index (κ3) is 15.9. The highest BCUT2D eigenvalue weighted by Crippen LogP contribution is 2.12. The third-order valence-electron chi connectivity index (χ3n) is 3.49. The zero-order valence-corrected chi connectivity index (χ0v) is 12.0. The van der Waals surface area contributed by atoms with Crippen molar-refractivity contribution in [1.82, 2.24) is 0 Å². The maximum Gasteiger partial charge on any atom is 0.0894 e. The fourth-order valence-electron chi connectivity index (χ4n) is 2.29. The Bertz CT molecular complexity index is 109. The largest absolute Gasteiger partial charge is 0.251 e. The summed E-state index contributed by atoms with van der Waals surface area (Å²) >= 11 is 0. The Morgan fingerprint density at radius 1 is 0.471 bits per heavy atom. The van der Waals surface area contributed by atoms with Crippen LogP contribution in [0.25, 0.3) is 0 Å². The average molecular weight is 244 g/mol. The van der Waals surface area contributed by atoms with Gasteiger partial charge in [-0.3, -0.25) is 4.39 Å². The molecule has 1 heteroatoms. The molecular formula is C16H33F. The van der Waals surface area contributed by atoms with Crippen LogP contribution in [0.5, 0.6) is 0 Å². The summed E-state index contributed by atoms with van der Waals surface area (Å²) in [5, 5.41) is 0. The Morgan fingerprint density at radius 3 is 1.06 bits per heavy atom. The van der Waals surface area contributed by atoms with Crippen molar-refractivity contribution >= 4 is 0 Å². The first-order chi connectivity index (χ1) is 8.41. The molecule has 0 aromatic heterocycles. The van der Waals surface area contributed by atoms with E-state index in [1.165, 1.54) is 77.0 Å². The van der Waals surface area contributed by atoms with Gasteiger partial charge in [-0.2, -0.15) is 0 Å². The molecule has 0 N–H and O–H groups in total. The fraction of sp³-hybridized carbons (Fsp3) is 1.00. The zero-order chi connectivity index (χ0) is 12.6. The molecule has 104 valence electrons. The van der Waals surface area contributed by atoms with Crippen molar-refractivity contribution in [2.75, 3.05) is 6.67 Å². The highest BCUT2D eigenvalue weighted by molar-refractivity contribution is 4.48. The Balaban J connectivity index is 2.85. The van der Waals surface area contributed by atoms with Crippen LogP contribution in [0, 0.1) is 0 Å². The van der Waals surface area contributed by atoms with Gasteiger partial charge in [0.1, 0.15) is 0 Å². The lowest BCUT2D eigenvalue weighted by atomic mass is 10.0. The van der Waals surface area contributed by atoms with Crippen molar-refractivity contribution < 1.29 is 4.39 Å². The lowest BCUT2D eigenvalue weighted by molar-refractivity contribution is 0.448. The van der Waals surface area contributed by atoms with Crippen molar-refractivity contribution in [1.29, 1.82) is 0 Å². The molecule has 0 amide bonds. The molecule has 0 bridgehead atoms. The summed E-state index contributed by atoms with van der Waals surface area (Å²) in [5.41, 5.74) is 0. The SMILES string of the molecule is CCCCCCCCCCCCCCCCF. The van der Waals surface area contributed by atoms with E-state index >= 15 is 0 Å². The predicted molar refractivity (Wildman–Crippen MR) is 76.3 cm³/mol. The average Bonchev–Trinajstić information content (AvgIpc) is 2.35. The number of alkyl halides is 1. The van der Waals surface area contributed by atoms with E-state index in [1.54, 1.807) is 0 Å². The normalized spacial score (nSPS) is 10.9. The molecule has 0 radical (unpaired) electrons. The summed E-state index contributed by atoms with van der Waals surface area (Å²) in [6.07, 6.45) is 18.5. The second-order valence-electron chi connectivity index (χ2n) is 5.29. The lowest BCUT2D eigenvalue weighted by Crippen LogP contribution is -1.83. The van der Waals surface area contributed by atoms with E-state index in [2.05, 4.69) is 6.92 Å². The zero-order valence-electron chi connectivity index (χ0n) is 12.0. The minimum Gasteiger partial charge on any atom is -0.251 e. The number of rotatable bonds is 14. The maximum absolute atomic E-state index is 11.8. The van der Waals surface area contributed by atoms with Gasteiger partial charge in [0.25, 0.3) is 0 Å². The highest BCUT2D eigenvalue weighted by Gasteiger charge is 1.93. The second kappa shape index (κ2) is 15.9. The molecule has 0 spiro atoms. The molecule has 0 rings (SSSR count). The Hall–Kier alpha value is -0.0700. The van der Waals surface area contributed by atoms with Gasteiger partial charge in [0.2, 0.25) is 0 Å². The van der Waals surface area contributed by atoms with Crippen LogP contribution in [0.15, 0.2) is 0 Å². The summed E-state index contributed by atoms with van der Waals surface area (Å²) in [6, 6.07) is 0. The van der Waals surface area contributed by atoms with Crippen LogP contribution in [0.3, 0.4) is 0 Å². The van der Waals surface area contributed by atoms with E-state index in [1.807, 2.05) is 0 Å².